The third-order valence-corrected chi connectivity index (χ3v) is 4.81. The standard InChI is InChI=1S/C25H27FN4O/c1-3-7-18(4-2)12-13-23(28-21-10-5-8-19(26)16-21)25-24(31)14-15-30(29-25)22-11-6-9-20(27)17-22/h5-6,8-17,28H,3-4,7,27H2,1-2H3/b18-12?,23-13-. The average Bonchev–Trinajstić information content (AvgIpc) is 2.76. The Balaban J connectivity index is 2.09. The fourth-order valence-electron chi connectivity index (χ4n) is 3.21. The van der Waals surface area contributed by atoms with Gasteiger partial charge in [-0.05, 0) is 55.3 Å². The lowest BCUT2D eigenvalue weighted by Crippen LogP contribution is -2.18. The number of nitrogen functional groups attached to an aromatic ring is 1. The molecule has 3 N–H and O–H groups in total. The van der Waals surface area contributed by atoms with Gasteiger partial charge in [0.05, 0.1) is 11.4 Å². The number of nitrogens with two attached hydrogens (primary N) is 1. The lowest BCUT2D eigenvalue weighted by atomic mass is 10.1. The van der Waals surface area contributed by atoms with Crippen LogP contribution in [0.5, 0.6) is 0 Å². The van der Waals surface area contributed by atoms with Crippen molar-refractivity contribution in [2.75, 3.05) is 11.1 Å². The average molecular weight is 419 g/mol. The zero-order chi connectivity index (χ0) is 22.2. The second-order valence-corrected chi connectivity index (χ2v) is 7.21. The number of allylic oxidation sites excluding steroid dienone is 3. The van der Waals surface area contributed by atoms with Gasteiger partial charge in [0, 0.05) is 23.6 Å². The van der Waals surface area contributed by atoms with Crippen molar-refractivity contribution in [2.24, 2.45) is 0 Å². The lowest BCUT2D eigenvalue weighted by molar-refractivity contribution is 0.628. The Hall–Kier alpha value is -3.67. The summed E-state index contributed by atoms with van der Waals surface area (Å²) in [5.41, 5.74) is 9.52. The number of rotatable bonds is 8. The first-order chi connectivity index (χ1) is 15.0. The zero-order valence-electron chi connectivity index (χ0n) is 17.8. The van der Waals surface area contributed by atoms with Gasteiger partial charge in [-0.15, -0.1) is 0 Å². The molecule has 0 radical (unpaired) electrons. The highest BCUT2D eigenvalue weighted by atomic mass is 19.1. The Morgan fingerprint density at radius 3 is 2.65 bits per heavy atom. The van der Waals surface area contributed by atoms with Crippen LogP contribution in [0.2, 0.25) is 0 Å². The molecule has 0 fully saturated rings. The van der Waals surface area contributed by atoms with E-state index in [0.717, 1.165) is 24.9 Å². The topological polar surface area (TPSA) is 72.9 Å². The first-order valence-corrected chi connectivity index (χ1v) is 10.4. The first-order valence-electron chi connectivity index (χ1n) is 10.4. The Morgan fingerprint density at radius 1 is 1.13 bits per heavy atom. The van der Waals surface area contributed by atoms with Crippen molar-refractivity contribution in [3.05, 3.63) is 100 Å². The van der Waals surface area contributed by atoms with Crippen molar-refractivity contribution in [2.45, 2.75) is 33.1 Å². The van der Waals surface area contributed by atoms with Crippen LogP contribution in [0.4, 0.5) is 15.8 Å². The minimum atomic E-state index is -0.363. The largest absolute Gasteiger partial charge is 0.399 e. The van der Waals surface area contributed by atoms with Gasteiger partial charge in [-0.1, -0.05) is 44.1 Å². The molecule has 0 aliphatic rings. The van der Waals surface area contributed by atoms with Gasteiger partial charge in [-0.2, -0.15) is 5.10 Å². The number of hydrogen-bond donors (Lipinski definition) is 2. The predicted molar refractivity (Wildman–Crippen MR) is 126 cm³/mol. The van der Waals surface area contributed by atoms with E-state index in [0.29, 0.717) is 17.1 Å². The molecule has 3 aromatic rings. The third-order valence-electron chi connectivity index (χ3n) is 4.81. The summed E-state index contributed by atoms with van der Waals surface area (Å²) < 4.78 is 15.3. The van der Waals surface area contributed by atoms with E-state index in [1.165, 1.54) is 23.8 Å². The molecule has 3 rings (SSSR count). The molecule has 0 bridgehead atoms. The van der Waals surface area contributed by atoms with Crippen molar-refractivity contribution in [1.29, 1.82) is 0 Å². The molecule has 160 valence electrons. The van der Waals surface area contributed by atoms with Gasteiger partial charge in [0.1, 0.15) is 5.82 Å². The molecule has 5 nitrogen and oxygen atoms in total. The third kappa shape index (κ3) is 5.92. The van der Waals surface area contributed by atoms with Gasteiger partial charge in [0.25, 0.3) is 0 Å². The second-order valence-electron chi connectivity index (χ2n) is 7.21. The number of hydrogen-bond acceptors (Lipinski definition) is 4. The van der Waals surface area contributed by atoms with Crippen LogP contribution in [0.1, 0.15) is 38.8 Å². The molecule has 2 aromatic carbocycles. The molecular weight excluding hydrogens is 391 g/mol. The minimum absolute atomic E-state index is 0.234. The van der Waals surface area contributed by atoms with Crippen LogP contribution < -0.4 is 16.5 Å². The van der Waals surface area contributed by atoms with Gasteiger partial charge >= 0.3 is 0 Å². The number of anilines is 2. The summed E-state index contributed by atoms with van der Waals surface area (Å²) in [6.07, 6.45) is 8.36. The maximum Gasteiger partial charge on any atom is 0.209 e. The fourth-order valence-corrected chi connectivity index (χ4v) is 3.21. The predicted octanol–water partition coefficient (Wildman–Crippen LogP) is 5.54. The summed E-state index contributed by atoms with van der Waals surface area (Å²) >= 11 is 0. The minimum Gasteiger partial charge on any atom is -0.399 e. The van der Waals surface area contributed by atoms with Gasteiger partial charge in [0.15, 0.2) is 5.69 Å². The highest BCUT2D eigenvalue weighted by Gasteiger charge is 2.11. The van der Waals surface area contributed by atoms with E-state index >= 15 is 0 Å². The van der Waals surface area contributed by atoms with E-state index in [2.05, 4.69) is 24.3 Å². The van der Waals surface area contributed by atoms with Gasteiger partial charge in [0.2, 0.25) is 5.43 Å². The quantitative estimate of drug-likeness (QED) is 0.372. The molecule has 31 heavy (non-hydrogen) atoms. The molecule has 6 heteroatoms. The smallest absolute Gasteiger partial charge is 0.209 e. The SMILES string of the molecule is CCCC(=C/C=C(\Nc1cccc(F)c1)c1nn(-c2cccc(N)c2)ccc1=O)CC. The Bertz CT molecular complexity index is 1160. The summed E-state index contributed by atoms with van der Waals surface area (Å²) in [4.78, 5) is 12.7. The van der Waals surface area contributed by atoms with Crippen LogP contribution in [-0.2, 0) is 0 Å². The normalized spacial score (nSPS) is 12.1. The molecule has 0 spiro atoms. The van der Waals surface area contributed by atoms with E-state index in [1.54, 1.807) is 35.1 Å². The number of nitrogens with zero attached hydrogens (tertiary/aromatic N) is 2. The Labute approximate surface area is 181 Å². The second kappa shape index (κ2) is 10.4. The summed E-state index contributed by atoms with van der Waals surface area (Å²) in [6.45, 7) is 4.23. The summed E-state index contributed by atoms with van der Waals surface area (Å²) in [5.74, 6) is -0.363. The van der Waals surface area contributed by atoms with E-state index in [1.807, 2.05) is 24.3 Å². The van der Waals surface area contributed by atoms with Crippen LogP contribution in [0.15, 0.2) is 83.3 Å². The Morgan fingerprint density at radius 2 is 1.94 bits per heavy atom. The van der Waals surface area contributed by atoms with Crippen molar-refractivity contribution >= 4 is 17.1 Å². The molecule has 1 heterocycles. The molecule has 0 amide bonds. The van der Waals surface area contributed by atoms with Crippen LogP contribution >= 0.6 is 0 Å². The number of halogens is 1. The van der Waals surface area contributed by atoms with Crippen molar-refractivity contribution in [3.8, 4) is 5.69 Å². The van der Waals surface area contributed by atoms with Crippen LogP contribution in [0.25, 0.3) is 11.4 Å². The fraction of sp³-hybridized carbons (Fsp3) is 0.200. The van der Waals surface area contributed by atoms with E-state index in [4.69, 9.17) is 5.73 Å². The molecule has 0 saturated heterocycles. The lowest BCUT2D eigenvalue weighted by Gasteiger charge is -2.13. The van der Waals surface area contributed by atoms with Gasteiger partial charge in [-0.3, -0.25) is 4.79 Å². The molecule has 0 aliphatic carbocycles. The summed E-state index contributed by atoms with van der Waals surface area (Å²) in [7, 11) is 0. The Kier molecular flexibility index (Phi) is 7.38. The first kappa shape index (κ1) is 22.0. The van der Waals surface area contributed by atoms with Crippen molar-refractivity contribution in [3.63, 3.8) is 0 Å². The molecule has 0 saturated carbocycles. The molecule has 1 aromatic heterocycles. The van der Waals surface area contributed by atoms with Crippen LogP contribution in [0, 0.1) is 5.82 Å². The van der Waals surface area contributed by atoms with E-state index in [-0.39, 0.29) is 16.9 Å². The van der Waals surface area contributed by atoms with Crippen molar-refractivity contribution in [1.82, 2.24) is 9.78 Å². The van der Waals surface area contributed by atoms with Gasteiger partial charge < -0.3 is 11.1 Å². The van der Waals surface area contributed by atoms with Crippen LogP contribution in [-0.4, -0.2) is 9.78 Å². The molecule has 0 aliphatic heterocycles. The monoisotopic (exact) mass is 418 g/mol. The van der Waals surface area contributed by atoms with E-state index in [9.17, 15) is 9.18 Å². The maximum atomic E-state index is 13.7. The zero-order valence-corrected chi connectivity index (χ0v) is 17.8. The number of benzene rings is 2. The highest BCUT2D eigenvalue weighted by Crippen LogP contribution is 2.19. The van der Waals surface area contributed by atoms with Gasteiger partial charge in [-0.25, -0.2) is 9.07 Å². The number of nitrogens with one attached hydrogen (secondary N) is 1. The molecular formula is C25H27FN4O. The van der Waals surface area contributed by atoms with E-state index < -0.39 is 0 Å². The van der Waals surface area contributed by atoms with Crippen LogP contribution in [0.3, 0.4) is 0 Å². The summed E-state index contributed by atoms with van der Waals surface area (Å²) in [5, 5.41) is 7.71. The summed E-state index contributed by atoms with van der Waals surface area (Å²) in [6, 6.07) is 14.8. The molecule has 0 unspecified atom stereocenters. The van der Waals surface area contributed by atoms with Crippen molar-refractivity contribution < 1.29 is 4.39 Å². The molecule has 0 atom stereocenters. The maximum absolute atomic E-state index is 13.7. The highest BCUT2D eigenvalue weighted by molar-refractivity contribution is 5.76. The number of aromatic nitrogens is 2.